The van der Waals surface area contributed by atoms with Gasteiger partial charge in [0.25, 0.3) is 11.8 Å². The fourth-order valence-electron chi connectivity index (χ4n) is 3.85. The van der Waals surface area contributed by atoms with Crippen LogP contribution < -0.4 is 15.8 Å². The Bertz CT molecular complexity index is 1170. The highest BCUT2D eigenvalue weighted by molar-refractivity contribution is 7.17. The van der Waals surface area contributed by atoms with Crippen molar-refractivity contribution >= 4 is 34.1 Å². The van der Waals surface area contributed by atoms with Crippen LogP contribution in [-0.4, -0.2) is 31.0 Å². The van der Waals surface area contributed by atoms with Crippen LogP contribution in [0.25, 0.3) is 11.1 Å². The maximum atomic E-state index is 12.3. The molecule has 2 amide bonds. The number of hydrogen-bond donors (Lipinski definition) is 2. The third kappa shape index (κ3) is 5.40. The van der Waals surface area contributed by atoms with Gasteiger partial charge in [0.2, 0.25) is 0 Å². The molecule has 2 aromatic carbocycles. The molecule has 1 aliphatic carbocycles. The number of benzene rings is 2. The van der Waals surface area contributed by atoms with Gasteiger partial charge in [0.1, 0.15) is 10.8 Å². The first kappa shape index (κ1) is 22.5. The highest BCUT2D eigenvalue weighted by Crippen LogP contribution is 2.37. The minimum absolute atomic E-state index is 0.336. The van der Waals surface area contributed by atoms with E-state index in [1.807, 2.05) is 48.5 Å². The molecule has 0 atom stereocenters. The van der Waals surface area contributed by atoms with Gasteiger partial charge in [0, 0.05) is 10.4 Å². The fourth-order valence-corrected chi connectivity index (χ4v) is 5.16. The Morgan fingerprint density at radius 2 is 1.67 bits per heavy atom. The van der Waals surface area contributed by atoms with Gasteiger partial charge in [0.15, 0.2) is 13.2 Å². The molecule has 7 nitrogen and oxygen atoms in total. The van der Waals surface area contributed by atoms with Crippen molar-refractivity contribution in [1.29, 1.82) is 0 Å². The van der Waals surface area contributed by atoms with Crippen molar-refractivity contribution in [2.75, 3.05) is 18.5 Å². The smallest absolute Gasteiger partial charge is 0.344 e. The van der Waals surface area contributed by atoms with Crippen LogP contribution in [0, 0.1) is 0 Å². The summed E-state index contributed by atoms with van der Waals surface area (Å²) in [5.41, 5.74) is 8.66. The van der Waals surface area contributed by atoms with Gasteiger partial charge in [0.05, 0.1) is 5.56 Å². The lowest BCUT2D eigenvalue weighted by Gasteiger charge is -2.12. The van der Waals surface area contributed by atoms with E-state index < -0.39 is 24.4 Å². The van der Waals surface area contributed by atoms with Crippen molar-refractivity contribution in [3.8, 4) is 16.9 Å². The van der Waals surface area contributed by atoms with Gasteiger partial charge >= 0.3 is 5.97 Å². The molecule has 0 aliphatic heterocycles. The number of anilines is 1. The Labute approximate surface area is 195 Å². The lowest BCUT2D eigenvalue weighted by atomic mass is 9.95. The Morgan fingerprint density at radius 3 is 2.45 bits per heavy atom. The molecule has 170 valence electrons. The number of carbonyl (C=O) groups excluding carboxylic acids is 3. The molecule has 33 heavy (non-hydrogen) atoms. The second-order valence-electron chi connectivity index (χ2n) is 7.64. The van der Waals surface area contributed by atoms with E-state index in [0.29, 0.717) is 16.3 Å². The number of amides is 2. The number of hydrogen-bond acceptors (Lipinski definition) is 6. The quantitative estimate of drug-likeness (QED) is 0.491. The van der Waals surface area contributed by atoms with Crippen molar-refractivity contribution in [2.45, 2.75) is 25.7 Å². The lowest BCUT2D eigenvalue weighted by Crippen LogP contribution is -2.24. The second kappa shape index (κ2) is 10.3. The van der Waals surface area contributed by atoms with E-state index in [-0.39, 0.29) is 6.61 Å². The van der Waals surface area contributed by atoms with Crippen LogP contribution in [0.4, 0.5) is 5.00 Å². The summed E-state index contributed by atoms with van der Waals surface area (Å²) in [6.45, 7) is -0.819. The molecule has 0 fully saturated rings. The predicted octanol–water partition coefficient (Wildman–Crippen LogP) is 3.95. The van der Waals surface area contributed by atoms with Gasteiger partial charge in [-0.2, -0.15) is 0 Å². The molecule has 0 saturated heterocycles. The van der Waals surface area contributed by atoms with Crippen LogP contribution in [0.15, 0.2) is 54.6 Å². The zero-order chi connectivity index (χ0) is 23.2. The summed E-state index contributed by atoms with van der Waals surface area (Å²) in [5, 5.41) is 3.09. The highest BCUT2D eigenvalue weighted by atomic mass is 32.1. The van der Waals surface area contributed by atoms with Crippen molar-refractivity contribution in [2.24, 2.45) is 5.73 Å². The van der Waals surface area contributed by atoms with Crippen molar-refractivity contribution in [3.63, 3.8) is 0 Å². The number of rotatable bonds is 8. The average molecular weight is 465 g/mol. The lowest BCUT2D eigenvalue weighted by molar-refractivity contribution is -0.149. The molecule has 1 aliphatic rings. The van der Waals surface area contributed by atoms with Gasteiger partial charge < -0.3 is 20.5 Å². The summed E-state index contributed by atoms with van der Waals surface area (Å²) in [6, 6.07) is 17.1. The third-order valence-corrected chi connectivity index (χ3v) is 6.56. The van der Waals surface area contributed by atoms with Crippen LogP contribution in [0.3, 0.4) is 0 Å². The van der Waals surface area contributed by atoms with E-state index in [2.05, 4.69) is 5.32 Å². The number of ether oxygens (including phenoxy) is 2. The van der Waals surface area contributed by atoms with Crippen LogP contribution in [-0.2, 0) is 27.2 Å². The molecule has 0 bridgehead atoms. The van der Waals surface area contributed by atoms with Crippen LogP contribution >= 0.6 is 11.3 Å². The van der Waals surface area contributed by atoms with Crippen LogP contribution in [0.2, 0.25) is 0 Å². The summed E-state index contributed by atoms with van der Waals surface area (Å²) in [5.74, 6) is -1.23. The van der Waals surface area contributed by atoms with E-state index in [9.17, 15) is 14.4 Å². The third-order valence-electron chi connectivity index (χ3n) is 5.35. The molecule has 0 saturated carbocycles. The number of nitrogens with two attached hydrogens (primary N) is 1. The fraction of sp³-hybridized carbons (Fsp3) is 0.240. The number of esters is 1. The highest BCUT2D eigenvalue weighted by Gasteiger charge is 2.25. The monoisotopic (exact) mass is 464 g/mol. The number of para-hydroxylation sites is 1. The van der Waals surface area contributed by atoms with Gasteiger partial charge in [-0.3, -0.25) is 9.59 Å². The first-order valence-corrected chi connectivity index (χ1v) is 11.5. The second-order valence-corrected chi connectivity index (χ2v) is 8.74. The van der Waals surface area contributed by atoms with Crippen molar-refractivity contribution in [1.82, 2.24) is 0 Å². The molecule has 0 spiro atoms. The molecular formula is C25H24N2O5S. The van der Waals surface area contributed by atoms with Gasteiger partial charge in [-0.05, 0) is 42.9 Å². The average Bonchev–Trinajstić information content (AvgIpc) is 3.20. The van der Waals surface area contributed by atoms with Crippen LogP contribution in [0.1, 0.15) is 33.6 Å². The van der Waals surface area contributed by atoms with E-state index in [4.69, 9.17) is 15.2 Å². The number of carbonyl (C=O) groups is 3. The van der Waals surface area contributed by atoms with Gasteiger partial charge in [-0.25, -0.2) is 4.79 Å². The Hall–Kier alpha value is -3.65. The summed E-state index contributed by atoms with van der Waals surface area (Å²) in [6.07, 6.45) is 3.68. The molecular weight excluding hydrogens is 440 g/mol. The molecule has 0 unspecified atom stereocenters. The van der Waals surface area contributed by atoms with E-state index in [1.165, 1.54) is 11.3 Å². The number of primary amides is 1. The molecule has 1 heterocycles. The number of nitrogens with one attached hydrogen (secondary N) is 1. The number of fused-ring (bicyclic) bond motifs is 1. The van der Waals surface area contributed by atoms with Gasteiger partial charge in [-0.15, -0.1) is 11.3 Å². The maximum absolute atomic E-state index is 12.3. The minimum atomic E-state index is -0.673. The van der Waals surface area contributed by atoms with Crippen molar-refractivity contribution < 1.29 is 23.9 Å². The normalized spacial score (nSPS) is 12.5. The topological polar surface area (TPSA) is 108 Å². The number of thiophene rings is 1. The van der Waals surface area contributed by atoms with E-state index in [1.54, 1.807) is 6.07 Å². The first-order chi connectivity index (χ1) is 16.0. The first-order valence-electron chi connectivity index (χ1n) is 10.7. The maximum Gasteiger partial charge on any atom is 0.344 e. The zero-order valence-electron chi connectivity index (χ0n) is 18.0. The molecule has 8 heteroatoms. The molecule has 4 rings (SSSR count). The summed E-state index contributed by atoms with van der Waals surface area (Å²) < 4.78 is 10.7. The largest absolute Gasteiger partial charge is 0.481 e. The van der Waals surface area contributed by atoms with E-state index >= 15 is 0 Å². The summed E-state index contributed by atoms with van der Waals surface area (Å²) in [4.78, 5) is 37.5. The van der Waals surface area contributed by atoms with Crippen LogP contribution in [0.5, 0.6) is 5.75 Å². The Kier molecular flexibility index (Phi) is 7.04. The Morgan fingerprint density at radius 1 is 0.939 bits per heavy atom. The molecule has 0 radical (unpaired) electrons. The molecule has 3 aromatic rings. The van der Waals surface area contributed by atoms with Crippen molar-refractivity contribution in [3.05, 3.63) is 70.6 Å². The number of aryl methyl sites for hydroxylation is 1. The van der Waals surface area contributed by atoms with Gasteiger partial charge in [-0.1, -0.05) is 48.5 Å². The zero-order valence-corrected chi connectivity index (χ0v) is 18.8. The summed E-state index contributed by atoms with van der Waals surface area (Å²) in [7, 11) is 0. The van der Waals surface area contributed by atoms with E-state index in [0.717, 1.165) is 47.3 Å². The Balaban J connectivity index is 1.32. The summed E-state index contributed by atoms with van der Waals surface area (Å²) >= 11 is 1.36. The molecule has 1 aromatic heterocycles. The SMILES string of the molecule is NC(=O)c1c(NC(=O)COC(=O)COc2ccccc2-c2ccccc2)sc2c1CCCC2. The standard InChI is InChI=1S/C25H24N2O5S/c26-24(30)23-18-11-5-7-13-20(18)33-25(23)27-21(28)14-32-22(29)15-31-19-12-6-4-10-17(19)16-8-2-1-3-9-16/h1-4,6,8-10,12H,5,7,11,13-15H2,(H2,26,30)(H,27,28). The molecule has 3 N–H and O–H groups in total. The minimum Gasteiger partial charge on any atom is -0.481 e. The predicted molar refractivity (Wildman–Crippen MR) is 126 cm³/mol.